The topological polar surface area (TPSA) is 12.0 Å². The number of aryl methyl sites for hydroxylation is 3. The molecule has 0 aliphatic carbocycles. The van der Waals surface area contributed by atoms with E-state index in [0.29, 0.717) is 0 Å². The minimum Gasteiger partial charge on any atom is -0.307 e. The molecular formula is C19H25N. The zero-order valence-electron chi connectivity index (χ0n) is 13.0. The molecule has 1 nitrogen and oxygen atoms in total. The van der Waals surface area contributed by atoms with E-state index in [4.69, 9.17) is 0 Å². The lowest BCUT2D eigenvalue weighted by Crippen LogP contribution is -2.23. The SMILES string of the molecule is CCNC(c1ccc(CC)cc1)c1c(C)cccc1C. The molecule has 0 saturated carbocycles. The summed E-state index contributed by atoms with van der Waals surface area (Å²) in [7, 11) is 0. The van der Waals surface area contributed by atoms with Gasteiger partial charge in [0.05, 0.1) is 6.04 Å². The number of nitrogens with one attached hydrogen (secondary N) is 1. The molecule has 0 heterocycles. The van der Waals surface area contributed by atoms with Gasteiger partial charge in [-0.15, -0.1) is 0 Å². The molecule has 1 unspecified atom stereocenters. The van der Waals surface area contributed by atoms with Gasteiger partial charge in [-0.25, -0.2) is 0 Å². The van der Waals surface area contributed by atoms with Crippen LogP contribution in [0.4, 0.5) is 0 Å². The highest BCUT2D eigenvalue weighted by molar-refractivity contribution is 5.42. The summed E-state index contributed by atoms with van der Waals surface area (Å²) < 4.78 is 0. The van der Waals surface area contributed by atoms with E-state index in [2.05, 4.69) is 75.5 Å². The maximum absolute atomic E-state index is 3.63. The minimum atomic E-state index is 0.284. The summed E-state index contributed by atoms with van der Waals surface area (Å²) in [5.74, 6) is 0. The molecule has 20 heavy (non-hydrogen) atoms. The van der Waals surface area contributed by atoms with Gasteiger partial charge in [0.1, 0.15) is 0 Å². The van der Waals surface area contributed by atoms with Gasteiger partial charge in [0.25, 0.3) is 0 Å². The fourth-order valence-electron chi connectivity index (χ4n) is 2.82. The van der Waals surface area contributed by atoms with Crippen molar-refractivity contribution in [1.82, 2.24) is 5.32 Å². The predicted octanol–water partition coefficient (Wildman–Crippen LogP) is 4.56. The highest BCUT2D eigenvalue weighted by atomic mass is 14.9. The summed E-state index contributed by atoms with van der Waals surface area (Å²) in [6.07, 6.45) is 1.09. The molecule has 0 aliphatic rings. The Hall–Kier alpha value is -1.60. The first kappa shape index (κ1) is 14.8. The fourth-order valence-corrected chi connectivity index (χ4v) is 2.82. The average molecular weight is 267 g/mol. The Bertz CT molecular complexity index is 534. The predicted molar refractivity (Wildman–Crippen MR) is 87.3 cm³/mol. The molecule has 1 N–H and O–H groups in total. The normalized spacial score (nSPS) is 12.4. The lowest BCUT2D eigenvalue weighted by Gasteiger charge is -2.23. The average Bonchev–Trinajstić information content (AvgIpc) is 2.46. The minimum absolute atomic E-state index is 0.284. The van der Waals surface area contributed by atoms with E-state index in [0.717, 1.165) is 13.0 Å². The van der Waals surface area contributed by atoms with Crippen LogP contribution in [0.25, 0.3) is 0 Å². The van der Waals surface area contributed by atoms with Crippen LogP contribution in [0.15, 0.2) is 42.5 Å². The summed E-state index contributed by atoms with van der Waals surface area (Å²) >= 11 is 0. The second-order valence-corrected chi connectivity index (χ2v) is 5.39. The van der Waals surface area contributed by atoms with E-state index in [1.807, 2.05) is 0 Å². The third-order valence-electron chi connectivity index (χ3n) is 3.96. The molecule has 0 spiro atoms. The van der Waals surface area contributed by atoms with Crippen molar-refractivity contribution < 1.29 is 0 Å². The summed E-state index contributed by atoms with van der Waals surface area (Å²) in [5.41, 5.74) is 6.87. The monoisotopic (exact) mass is 267 g/mol. The van der Waals surface area contributed by atoms with Crippen LogP contribution >= 0.6 is 0 Å². The molecule has 0 aromatic heterocycles. The molecule has 0 fully saturated rings. The first-order valence-electron chi connectivity index (χ1n) is 7.55. The zero-order valence-corrected chi connectivity index (χ0v) is 13.0. The van der Waals surface area contributed by atoms with Crippen molar-refractivity contribution in [3.05, 3.63) is 70.3 Å². The fraction of sp³-hybridized carbons (Fsp3) is 0.368. The Morgan fingerprint density at radius 2 is 1.50 bits per heavy atom. The van der Waals surface area contributed by atoms with Gasteiger partial charge in [-0.2, -0.15) is 0 Å². The largest absolute Gasteiger partial charge is 0.307 e. The van der Waals surface area contributed by atoms with Crippen molar-refractivity contribution in [3.8, 4) is 0 Å². The van der Waals surface area contributed by atoms with Crippen LogP contribution in [0.2, 0.25) is 0 Å². The maximum atomic E-state index is 3.63. The summed E-state index contributed by atoms with van der Waals surface area (Å²) in [5, 5.41) is 3.63. The summed E-state index contributed by atoms with van der Waals surface area (Å²) in [6, 6.07) is 15.8. The Labute approximate surface area is 123 Å². The third kappa shape index (κ3) is 3.10. The summed E-state index contributed by atoms with van der Waals surface area (Å²) in [6.45, 7) is 9.73. The van der Waals surface area contributed by atoms with E-state index >= 15 is 0 Å². The van der Waals surface area contributed by atoms with Gasteiger partial charge >= 0.3 is 0 Å². The molecule has 0 saturated heterocycles. The van der Waals surface area contributed by atoms with Crippen molar-refractivity contribution in [2.75, 3.05) is 6.54 Å². The third-order valence-corrected chi connectivity index (χ3v) is 3.96. The summed E-state index contributed by atoms with van der Waals surface area (Å²) in [4.78, 5) is 0. The van der Waals surface area contributed by atoms with Gasteiger partial charge in [-0.1, -0.05) is 56.3 Å². The van der Waals surface area contributed by atoms with E-state index in [9.17, 15) is 0 Å². The highest BCUT2D eigenvalue weighted by Gasteiger charge is 2.16. The molecule has 1 atom stereocenters. The Kier molecular flexibility index (Phi) is 4.97. The zero-order chi connectivity index (χ0) is 14.5. The van der Waals surface area contributed by atoms with E-state index in [-0.39, 0.29) is 6.04 Å². The molecular weight excluding hydrogens is 242 g/mol. The second kappa shape index (κ2) is 6.71. The second-order valence-electron chi connectivity index (χ2n) is 5.39. The van der Waals surface area contributed by atoms with Crippen molar-refractivity contribution in [1.29, 1.82) is 0 Å². The first-order valence-corrected chi connectivity index (χ1v) is 7.55. The van der Waals surface area contributed by atoms with Crippen LogP contribution in [0.5, 0.6) is 0 Å². The number of hydrogen-bond acceptors (Lipinski definition) is 1. The van der Waals surface area contributed by atoms with Crippen molar-refractivity contribution >= 4 is 0 Å². The van der Waals surface area contributed by atoms with Gasteiger partial charge in [0.15, 0.2) is 0 Å². The van der Waals surface area contributed by atoms with Crippen molar-refractivity contribution in [2.45, 2.75) is 40.2 Å². The standard InChI is InChI=1S/C19H25N/c1-5-16-10-12-17(13-11-16)19(20-6-2)18-14(3)8-7-9-15(18)4/h7-13,19-20H,5-6H2,1-4H3. The first-order chi connectivity index (χ1) is 9.67. The molecule has 0 radical (unpaired) electrons. The maximum Gasteiger partial charge on any atom is 0.0581 e. The van der Waals surface area contributed by atoms with E-state index in [1.54, 1.807) is 0 Å². The van der Waals surface area contributed by atoms with Crippen LogP contribution < -0.4 is 5.32 Å². The van der Waals surface area contributed by atoms with Crippen LogP contribution in [0.1, 0.15) is 47.7 Å². The van der Waals surface area contributed by atoms with Gasteiger partial charge < -0.3 is 5.32 Å². The molecule has 2 aromatic rings. The van der Waals surface area contributed by atoms with Gasteiger partial charge in [0, 0.05) is 0 Å². The quantitative estimate of drug-likeness (QED) is 0.837. The number of hydrogen-bond donors (Lipinski definition) is 1. The lowest BCUT2D eigenvalue weighted by molar-refractivity contribution is 0.624. The van der Waals surface area contributed by atoms with E-state index in [1.165, 1.54) is 27.8 Å². The Morgan fingerprint density at radius 3 is 2.00 bits per heavy atom. The lowest BCUT2D eigenvalue weighted by atomic mass is 9.91. The number of benzene rings is 2. The Morgan fingerprint density at radius 1 is 0.900 bits per heavy atom. The Balaban J connectivity index is 2.44. The molecule has 0 bridgehead atoms. The number of rotatable bonds is 5. The molecule has 2 rings (SSSR count). The molecule has 0 amide bonds. The molecule has 1 heteroatoms. The van der Waals surface area contributed by atoms with Crippen LogP contribution in [0, 0.1) is 13.8 Å². The van der Waals surface area contributed by atoms with Gasteiger partial charge in [0.2, 0.25) is 0 Å². The van der Waals surface area contributed by atoms with Gasteiger partial charge in [-0.05, 0) is 54.6 Å². The van der Waals surface area contributed by atoms with Gasteiger partial charge in [-0.3, -0.25) is 0 Å². The van der Waals surface area contributed by atoms with Crippen molar-refractivity contribution in [2.24, 2.45) is 0 Å². The van der Waals surface area contributed by atoms with Crippen LogP contribution in [-0.2, 0) is 6.42 Å². The molecule has 106 valence electrons. The molecule has 0 aliphatic heterocycles. The van der Waals surface area contributed by atoms with Crippen LogP contribution in [0.3, 0.4) is 0 Å². The molecule has 2 aromatic carbocycles. The smallest absolute Gasteiger partial charge is 0.0581 e. The van der Waals surface area contributed by atoms with Crippen LogP contribution in [-0.4, -0.2) is 6.54 Å². The van der Waals surface area contributed by atoms with E-state index < -0.39 is 0 Å². The van der Waals surface area contributed by atoms with Crippen molar-refractivity contribution in [3.63, 3.8) is 0 Å². The highest BCUT2D eigenvalue weighted by Crippen LogP contribution is 2.28.